The van der Waals surface area contributed by atoms with Crippen molar-refractivity contribution in [3.63, 3.8) is 0 Å². The maximum atomic E-state index is 12.9. The van der Waals surface area contributed by atoms with Gasteiger partial charge in [0, 0.05) is 6.92 Å². The molecule has 120 valence electrons. The number of halogens is 4. The Balaban J connectivity index is 3.05. The van der Waals surface area contributed by atoms with Crippen LogP contribution in [0.15, 0.2) is 0 Å². The van der Waals surface area contributed by atoms with Crippen LogP contribution in [0.4, 0.5) is 28.3 Å². The quantitative estimate of drug-likeness (QED) is 0.592. The zero-order valence-corrected chi connectivity index (χ0v) is 12.5. The van der Waals surface area contributed by atoms with Crippen molar-refractivity contribution in [2.24, 2.45) is 0 Å². The van der Waals surface area contributed by atoms with Gasteiger partial charge in [-0.05, 0) is 13.8 Å². The van der Waals surface area contributed by atoms with Crippen LogP contribution < -0.4 is 15.8 Å². The van der Waals surface area contributed by atoms with Crippen LogP contribution in [0.5, 0.6) is 5.75 Å². The molecule has 0 aliphatic carbocycles. The standard InChI is InChI=1S/C12H16F4N2O2S/c1-5(2)20-8-7(17)9(6(3)19)21-10(8)18-4-12(15,16)11(13)14/h5,11,18H,4,17H2,1-3H3. The normalized spacial score (nSPS) is 12.0. The topological polar surface area (TPSA) is 64.3 Å². The van der Waals surface area contributed by atoms with Crippen molar-refractivity contribution in [3.8, 4) is 5.75 Å². The highest BCUT2D eigenvalue weighted by atomic mass is 32.1. The average molecular weight is 328 g/mol. The van der Waals surface area contributed by atoms with Gasteiger partial charge >= 0.3 is 12.3 Å². The molecule has 0 aliphatic heterocycles. The molecule has 0 bridgehead atoms. The lowest BCUT2D eigenvalue weighted by Crippen LogP contribution is -2.34. The zero-order chi connectivity index (χ0) is 16.4. The molecule has 0 aromatic carbocycles. The smallest absolute Gasteiger partial charge is 0.324 e. The molecular weight excluding hydrogens is 312 g/mol. The van der Waals surface area contributed by atoms with E-state index in [4.69, 9.17) is 10.5 Å². The number of anilines is 2. The third kappa shape index (κ3) is 4.23. The SMILES string of the molecule is CC(=O)c1sc(NCC(F)(F)C(F)F)c(OC(C)C)c1N. The first-order chi connectivity index (χ1) is 9.56. The van der Waals surface area contributed by atoms with Gasteiger partial charge in [0.25, 0.3) is 0 Å². The van der Waals surface area contributed by atoms with E-state index in [1.165, 1.54) is 6.92 Å². The largest absolute Gasteiger partial charge is 0.486 e. The molecule has 0 saturated heterocycles. The molecule has 0 radical (unpaired) electrons. The first-order valence-electron chi connectivity index (χ1n) is 6.06. The Kier molecular flexibility index (Phi) is 5.43. The van der Waals surface area contributed by atoms with E-state index in [1.54, 1.807) is 13.8 Å². The van der Waals surface area contributed by atoms with Crippen molar-refractivity contribution in [2.45, 2.75) is 39.2 Å². The van der Waals surface area contributed by atoms with Crippen molar-refractivity contribution < 1.29 is 27.1 Å². The summed E-state index contributed by atoms with van der Waals surface area (Å²) in [5, 5.41) is 2.22. The summed E-state index contributed by atoms with van der Waals surface area (Å²) in [4.78, 5) is 11.5. The third-order valence-corrected chi connectivity index (χ3v) is 3.62. The van der Waals surface area contributed by atoms with Gasteiger partial charge < -0.3 is 15.8 Å². The molecule has 0 amide bonds. The summed E-state index contributed by atoms with van der Waals surface area (Å²) in [5.74, 6) is -4.52. The number of carbonyl (C=O) groups is 1. The Bertz CT molecular complexity index is 518. The minimum atomic E-state index is -4.19. The molecule has 0 fully saturated rings. The predicted molar refractivity (Wildman–Crippen MR) is 73.9 cm³/mol. The molecule has 21 heavy (non-hydrogen) atoms. The Morgan fingerprint density at radius 2 is 2.00 bits per heavy atom. The van der Waals surface area contributed by atoms with Crippen molar-refractivity contribution in [3.05, 3.63) is 4.88 Å². The number of alkyl halides is 4. The van der Waals surface area contributed by atoms with Crippen molar-refractivity contribution in [1.82, 2.24) is 0 Å². The minimum absolute atomic E-state index is 0.0177. The Labute approximate surface area is 123 Å². The Hall–Kier alpha value is -1.51. The van der Waals surface area contributed by atoms with Gasteiger partial charge in [0.15, 0.2) is 11.5 Å². The molecule has 4 nitrogen and oxygen atoms in total. The van der Waals surface area contributed by atoms with Crippen LogP contribution in [-0.4, -0.2) is 30.8 Å². The van der Waals surface area contributed by atoms with Crippen LogP contribution >= 0.6 is 11.3 Å². The zero-order valence-electron chi connectivity index (χ0n) is 11.7. The summed E-state index contributed by atoms with van der Waals surface area (Å²) >= 11 is 0.800. The van der Waals surface area contributed by atoms with Gasteiger partial charge in [0.05, 0.1) is 23.2 Å². The molecule has 1 heterocycles. The molecule has 9 heteroatoms. The number of hydrogen-bond donors (Lipinski definition) is 2. The number of nitrogen functional groups attached to an aromatic ring is 1. The maximum Gasteiger partial charge on any atom is 0.324 e. The van der Waals surface area contributed by atoms with Gasteiger partial charge in [-0.3, -0.25) is 4.79 Å². The van der Waals surface area contributed by atoms with E-state index >= 15 is 0 Å². The summed E-state index contributed by atoms with van der Waals surface area (Å²) in [6.07, 6.45) is -4.11. The van der Waals surface area contributed by atoms with Gasteiger partial charge in [-0.2, -0.15) is 8.78 Å². The number of thiophene rings is 1. The van der Waals surface area contributed by atoms with Crippen LogP contribution in [0.1, 0.15) is 30.4 Å². The molecule has 0 atom stereocenters. The van der Waals surface area contributed by atoms with E-state index in [-0.39, 0.29) is 33.2 Å². The second kappa shape index (κ2) is 6.50. The monoisotopic (exact) mass is 328 g/mol. The number of Topliss-reactive ketones (excluding diaryl/α,β-unsaturated/α-hetero) is 1. The fourth-order valence-electron chi connectivity index (χ4n) is 1.43. The second-order valence-electron chi connectivity index (χ2n) is 4.64. The van der Waals surface area contributed by atoms with Crippen molar-refractivity contribution >= 4 is 27.8 Å². The van der Waals surface area contributed by atoms with Crippen LogP contribution in [0.2, 0.25) is 0 Å². The van der Waals surface area contributed by atoms with Gasteiger partial charge in [0.2, 0.25) is 0 Å². The summed E-state index contributed by atoms with van der Waals surface area (Å²) in [6.45, 7) is 3.35. The molecule has 1 aromatic heterocycles. The summed E-state index contributed by atoms with van der Waals surface area (Å²) in [6, 6.07) is 0. The molecular formula is C12H16F4N2O2S. The number of hydrogen-bond acceptors (Lipinski definition) is 5. The molecule has 0 aliphatic rings. The highest BCUT2D eigenvalue weighted by Gasteiger charge is 2.40. The maximum absolute atomic E-state index is 12.9. The third-order valence-electron chi connectivity index (χ3n) is 2.38. The molecule has 0 unspecified atom stereocenters. The number of ether oxygens (including phenoxy) is 1. The first-order valence-corrected chi connectivity index (χ1v) is 6.87. The predicted octanol–water partition coefficient (Wildman–Crippen LogP) is 3.63. The second-order valence-corrected chi connectivity index (χ2v) is 5.66. The van der Waals surface area contributed by atoms with Gasteiger partial charge in [-0.25, -0.2) is 8.78 Å². The van der Waals surface area contributed by atoms with Crippen LogP contribution in [0, 0.1) is 0 Å². The summed E-state index contributed by atoms with van der Waals surface area (Å²) in [5.41, 5.74) is 5.76. The van der Waals surface area contributed by atoms with Gasteiger partial charge in [-0.15, -0.1) is 11.3 Å². The van der Waals surface area contributed by atoms with E-state index in [1.807, 2.05) is 0 Å². The van der Waals surface area contributed by atoms with Crippen LogP contribution in [0.3, 0.4) is 0 Å². The number of carbonyl (C=O) groups excluding carboxylic acids is 1. The van der Waals surface area contributed by atoms with Crippen LogP contribution in [-0.2, 0) is 0 Å². The van der Waals surface area contributed by atoms with E-state index in [0.29, 0.717) is 0 Å². The lowest BCUT2D eigenvalue weighted by molar-refractivity contribution is -0.117. The summed E-state index contributed by atoms with van der Waals surface area (Å²) in [7, 11) is 0. The van der Waals surface area contributed by atoms with E-state index in [9.17, 15) is 22.4 Å². The molecule has 1 aromatic rings. The molecule has 0 saturated carbocycles. The fraction of sp³-hybridized carbons (Fsp3) is 0.583. The number of rotatable bonds is 7. The molecule has 3 N–H and O–H groups in total. The van der Waals surface area contributed by atoms with E-state index in [2.05, 4.69) is 5.32 Å². The lowest BCUT2D eigenvalue weighted by Gasteiger charge is -2.17. The van der Waals surface area contributed by atoms with Crippen molar-refractivity contribution in [2.75, 3.05) is 17.6 Å². The Morgan fingerprint density at radius 1 is 1.43 bits per heavy atom. The number of nitrogens with one attached hydrogen (secondary N) is 1. The number of nitrogens with two attached hydrogens (primary N) is 1. The first kappa shape index (κ1) is 17.5. The van der Waals surface area contributed by atoms with Crippen LogP contribution in [0.25, 0.3) is 0 Å². The average Bonchev–Trinajstić information content (AvgIpc) is 2.64. The summed E-state index contributed by atoms with van der Waals surface area (Å²) < 4.78 is 55.5. The minimum Gasteiger partial charge on any atom is -0.486 e. The van der Waals surface area contributed by atoms with Gasteiger partial charge in [-0.1, -0.05) is 0 Å². The van der Waals surface area contributed by atoms with E-state index < -0.39 is 18.9 Å². The van der Waals surface area contributed by atoms with E-state index in [0.717, 1.165) is 11.3 Å². The number of ketones is 1. The lowest BCUT2D eigenvalue weighted by atomic mass is 10.3. The molecule has 1 rings (SSSR count). The highest BCUT2D eigenvalue weighted by molar-refractivity contribution is 7.19. The van der Waals surface area contributed by atoms with Gasteiger partial charge in [0.1, 0.15) is 5.00 Å². The Morgan fingerprint density at radius 3 is 2.43 bits per heavy atom. The highest BCUT2D eigenvalue weighted by Crippen LogP contribution is 2.43. The van der Waals surface area contributed by atoms with Crippen molar-refractivity contribution in [1.29, 1.82) is 0 Å². The fourth-order valence-corrected chi connectivity index (χ4v) is 2.38. The molecule has 0 spiro atoms.